The van der Waals surface area contributed by atoms with E-state index < -0.39 is 0 Å². The van der Waals surface area contributed by atoms with Gasteiger partial charge in [-0.15, -0.1) is 0 Å². The van der Waals surface area contributed by atoms with Crippen molar-refractivity contribution >= 4 is 17.3 Å². The van der Waals surface area contributed by atoms with Gasteiger partial charge in [-0.05, 0) is 43.3 Å². The lowest BCUT2D eigenvalue weighted by atomic mass is 10.2. The van der Waals surface area contributed by atoms with Crippen molar-refractivity contribution in [2.45, 2.75) is 6.92 Å². The maximum atomic E-state index is 13.0. The number of rotatable bonds is 5. The minimum absolute atomic E-state index is 0.0181. The highest BCUT2D eigenvalue weighted by molar-refractivity contribution is 5.96. The number of likely N-dealkylation sites (N-methyl/N-ethyl adjacent to an activating group) is 2. The number of amides is 1. The van der Waals surface area contributed by atoms with Crippen molar-refractivity contribution in [2.24, 2.45) is 0 Å². The Labute approximate surface area is 124 Å². The van der Waals surface area contributed by atoms with Crippen LogP contribution in [0.2, 0.25) is 0 Å². The number of carbonyl (C=O) groups excluding carboxylic acids is 1. The van der Waals surface area contributed by atoms with Crippen molar-refractivity contribution in [1.82, 2.24) is 0 Å². The van der Waals surface area contributed by atoms with Crippen LogP contribution in [0.5, 0.6) is 0 Å². The van der Waals surface area contributed by atoms with Crippen LogP contribution in [-0.4, -0.2) is 26.0 Å². The van der Waals surface area contributed by atoms with Gasteiger partial charge in [0.15, 0.2) is 0 Å². The highest BCUT2D eigenvalue weighted by Gasteiger charge is 2.16. The van der Waals surface area contributed by atoms with E-state index in [-0.39, 0.29) is 18.3 Å². The maximum Gasteiger partial charge on any atom is 0.246 e. The van der Waals surface area contributed by atoms with E-state index in [2.05, 4.69) is 0 Å². The van der Waals surface area contributed by atoms with E-state index in [0.29, 0.717) is 12.2 Å². The molecule has 0 aliphatic rings. The molecule has 110 valence electrons. The molecule has 4 heteroatoms. The van der Waals surface area contributed by atoms with Gasteiger partial charge in [0.05, 0.1) is 6.54 Å². The van der Waals surface area contributed by atoms with Crippen LogP contribution in [0.4, 0.5) is 15.8 Å². The third-order valence-electron chi connectivity index (χ3n) is 3.32. The van der Waals surface area contributed by atoms with E-state index in [1.807, 2.05) is 49.2 Å². The van der Waals surface area contributed by atoms with Crippen LogP contribution in [0.25, 0.3) is 0 Å². The smallest absolute Gasteiger partial charge is 0.246 e. The van der Waals surface area contributed by atoms with Crippen LogP contribution >= 0.6 is 0 Å². The van der Waals surface area contributed by atoms with Crippen LogP contribution < -0.4 is 9.80 Å². The molecule has 0 radical (unpaired) electrons. The van der Waals surface area contributed by atoms with Gasteiger partial charge < -0.3 is 9.80 Å². The molecule has 2 aromatic rings. The normalized spacial score (nSPS) is 10.2. The molecule has 0 N–H and O–H groups in total. The third kappa shape index (κ3) is 3.81. The van der Waals surface area contributed by atoms with Gasteiger partial charge >= 0.3 is 0 Å². The van der Waals surface area contributed by atoms with Gasteiger partial charge in [-0.1, -0.05) is 18.2 Å². The van der Waals surface area contributed by atoms with E-state index in [4.69, 9.17) is 0 Å². The van der Waals surface area contributed by atoms with Gasteiger partial charge in [0.2, 0.25) is 5.91 Å². The molecule has 0 aliphatic heterocycles. The second-order valence-corrected chi connectivity index (χ2v) is 4.81. The summed E-state index contributed by atoms with van der Waals surface area (Å²) >= 11 is 0. The van der Waals surface area contributed by atoms with Gasteiger partial charge in [0.1, 0.15) is 5.82 Å². The van der Waals surface area contributed by atoms with Crippen LogP contribution in [0.15, 0.2) is 54.6 Å². The Kier molecular flexibility index (Phi) is 4.93. The summed E-state index contributed by atoms with van der Waals surface area (Å²) in [6.07, 6.45) is 0. The van der Waals surface area contributed by atoms with Gasteiger partial charge in [0, 0.05) is 25.0 Å². The zero-order valence-corrected chi connectivity index (χ0v) is 12.3. The molecule has 0 saturated heterocycles. The predicted octanol–water partition coefficient (Wildman–Crippen LogP) is 3.32. The number of halogens is 1. The van der Waals surface area contributed by atoms with E-state index in [0.717, 1.165) is 5.69 Å². The SMILES string of the molecule is CCN(C(=O)CN(C)c1ccccc1)c1ccc(F)cc1. The third-order valence-corrected chi connectivity index (χ3v) is 3.32. The fourth-order valence-electron chi connectivity index (χ4n) is 2.19. The molecular weight excluding hydrogens is 267 g/mol. The first-order valence-corrected chi connectivity index (χ1v) is 6.94. The molecule has 0 saturated carbocycles. The summed E-state index contributed by atoms with van der Waals surface area (Å²) in [5.41, 5.74) is 1.70. The minimum atomic E-state index is -0.302. The molecule has 0 unspecified atom stereocenters. The Morgan fingerprint density at radius 3 is 2.19 bits per heavy atom. The standard InChI is InChI=1S/C17H19FN2O/c1-3-20(16-11-9-14(18)10-12-16)17(21)13-19(2)15-7-5-4-6-8-15/h4-12H,3,13H2,1-2H3. The van der Waals surface area contributed by atoms with E-state index in [1.54, 1.807) is 17.0 Å². The fraction of sp³-hybridized carbons (Fsp3) is 0.235. The summed E-state index contributed by atoms with van der Waals surface area (Å²) in [7, 11) is 1.88. The second-order valence-electron chi connectivity index (χ2n) is 4.81. The largest absolute Gasteiger partial charge is 0.365 e. The summed E-state index contributed by atoms with van der Waals surface area (Å²) in [5.74, 6) is -0.320. The quantitative estimate of drug-likeness (QED) is 0.842. The van der Waals surface area contributed by atoms with Crippen molar-refractivity contribution in [3.05, 3.63) is 60.4 Å². The van der Waals surface area contributed by atoms with Crippen molar-refractivity contribution in [3.63, 3.8) is 0 Å². The topological polar surface area (TPSA) is 23.6 Å². The second kappa shape index (κ2) is 6.88. The van der Waals surface area contributed by atoms with Gasteiger partial charge in [-0.25, -0.2) is 4.39 Å². The van der Waals surface area contributed by atoms with Gasteiger partial charge in [-0.3, -0.25) is 4.79 Å². The van der Waals surface area contributed by atoms with Crippen molar-refractivity contribution < 1.29 is 9.18 Å². The van der Waals surface area contributed by atoms with Crippen LogP contribution in [0, 0.1) is 5.82 Å². The first-order valence-electron chi connectivity index (χ1n) is 6.94. The lowest BCUT2D eigenvalue weighted by molar-refractivity contribution is -0.117. The molecule has 3 nitrogen and oxygen atoms in total. The van der Waals surface area contributed by atoms with Gasteiger partial charge in [0.25, 0.3) is 0 Å². The average Bonchev–Trinajstić information content (AvgIpc) is 2.50. The average molecular weight is 286 g/mol. The lowest BCUT2D eigenvalue weighted by Crippen LogP contribution is -2.39. The molecule has 0 aromatic heterocycles. The van der Waals surface area contributed by atoms with E-state index in [9.17, 15) is 9.18 Å². The van der Waals surface area contributed by atoms with E-state index >= 15 is 0 Å². The molecule has 0 bridgehead atoms. The monoisotopic (exact) mass is 286 g/mol. The molecule has 2 rings (SSSR count). The Bertz CT molecular complexity index is 583. The summed E-state index contributed by atoms with van der Waals surface area (Å²) in [6.45, 7) is 2.73. The first-order chi connectivity index (χ1) is 10.1. The summed E-state index contributed by atoms with van der Waals surface area (Å²) < 4.78 is 13.0. The fourth-order valence-corrected chi connectivity index (χ4v) is 2.19. The molecule has 0 heterocycles. The molecule has 0 spiro atoms. The number of benzene rings is 2. The maximum absolute atomic E-state index is 13.0. The zero-order valence-electron chi connectivity index (χ0n) is 12.3. The minimum Gasteiger partial charge on any atom is -0.365 e. The summed E-state index contributed by atoms with van der Waals surface area (Å²) in [4.78, 5) is 16.0. The Balaban J connectivity index is 2.08. The lowest BCUT2D eigenvalue weighted by Gasteiger charge is -2.25. The predicted molar refractivity (Wildman–Crippen MR) is 84.1 cm³/mol. The van der Waals surface area contributed by atoms with Crippen LogP contribution in [0.3, 0.4) is 0 Å². The first kappa shape index (κ1) is 15.0. The van der Waals surface area contributed by atoms with Crippen molar-refractivity contribution in [1.29, 1.82) is 0 Å². The summed E-state index contributed by atoms with van der Waals surface area (Å²) in [5, 5.41) is 0. The Hall–Kier alpha value is -2.36. The number of para-hydroxylation sites is 1. The molecule has 21 heavy (non-hydrogen) atoms. The molecule has 0 atom stereocenters. The number of hydrogen-bond donors (Lipinski definition) is 0. The number of hydrogen-bond acceptors (Lipinski definition) is 2. The number of carbonyl (C=O) groups is 1. The highest BCUT2D eigenvalue weighted by atomic mass is 19.1. The number of anilines is 2. The highest BCUT2D eigenvalue weighted by Crippen LogP contribution is 2.16. The van der Waals surface area contributed by atoms with E-state index in [1.165, 1.54) is 12.1 Å². The van der Waals surface area contributed by atoms with Crippen molar-refractivity contribution in [3.8, 4) is 0 Å². The van der Waals surface area contributed by atoms with Crippen LogP contribution in [-0.2, 0) is 4.79 Å². The van der Waals surface area contributed by atoms with Gasteiger partial charge in [-0.2, -0.15) is 0 Å². The Morgan fingerprint density at radius 1 is 1.00 bits per heavy atom. The molecule has 0 aliphatic carbocycles. The molecule has 2 aromatic carbocycles. The molecule has 0 fully saturated rings. The zero-order chi connectivity index (χ0) is 15.2. The molecule has 1 amide bonds. The number of nitrogens with zero attached hydrogens (tertiary/aromatic N) is 2. The summed E-state index contributed by atoms with van der Waals surface area (Å²) in [6, 6.07) is 15.7. The Morgan fingerprint density at radius 2 is 1.62 bits per heavy atom. The van der Waals surface area contributed by atoms with Crippen LogP contribution in [0.1, 0.15) is 6.92 Å². The van der Waals surface area contributed by atoms with Crippen molar-refractivity contribution in [2.75, 3.05) is 29.9 Å². The molecular formula is C17H19FN2O.